The molecule has 1 aromatic rings. The second-order valence-corrected chi connectivity index (χ2v) is 5.27. The van der Waals surface area contributed by atoms with Gasteiger partial charge in [-0.05, 0) is 50.0 Å². The van der Waals surface area contributed by atoms with E-state index in [0.29, 0.717) is 17.8 Å². The fourth-order valence-electron chi connectivity index (χ4n) is 1.71. The van der Waals surface area contributed by atoms with Crippen LogP contribution in [0.25, 0.3) is 0 Å². The number of benzene rings is 1. The highest BCUT2D eigenvalue weighted by Gasteiger charge is 2.07. The lowest BCUT2D eigenvalue weighted by molar-refractivity contribution is 0.0956. The first kappa shape index (κ1) is 15.7. The van der Waals surface area contributed by atoms with Crippen molar-refractivity contribution in [2.24, 2.45) is 0 Å². The van der Waals surface area contributed by atoms with Crippen LogP contribution in [0.3, 0.4) is 0 Å². The van der Waals surface area contributed by atoms with Crippen molar-refractivity contribution in [3.05, 3.63) is 23.8 Å². The SMILES string of the molecule is CCNC(=O)c1ccc(N)c(NCCCCSC)c1. The van der Waals surface area contributed by atoms with Crippen LogP contribution in [-0.4, -0.2) is 31.0 Å². The van der Waals surface area contributed by atoms with Gasteiger partial charge in [0, 0.05) is 18.7 Å². The molecule has 0 fully saturated rings. The van der Waals surface area contributed by atoms with Crippen LogP contribution in [0.2, 0.25) is 0 Å². The second-order valence-electron chi connectivity index (χ2n) is 4.29. The van der Waals surface area contributed by atoms with Crippen LogP contribution in [0.15, 0.2) is 18.2 Å². The summed E-state index contributed by atoms with van der Waals surface area (Å²) < 4.78 is 0. The molecule has 0 aromatic heterocycles. The van der Waals surface area contributed by atoms with Crippen molar-refractivity contribution in [1.82, 2.24) is 5.32 Å². The Morgan fingerprint density at radius 1 is 1.37 bits per heavy atom. The number of nitrogen functional groups attached to an aromatic ring is 1. The van der Waals surface area contributed by atoms with E-state index in [0.717, 1.165) is 18.7 Å². The molecule has 106 valence electrons. The number of nitrogens with two attached hydrogens (primary N) is 1. The van der Waals surface area contributed by atoms with Gasteiger partial charge in [0.05, 0.1) is 11.4 Å². The highest BCUT2D eigenvalue weighted by Crippen LogP contribution is 2.20. The van der Waals surface area contributed by atoms with Crippen molar-refractivity contribution in [2.75, 3.05) is 36.1 Å². The standard InChI is InChI=1S/C14H23N3OS/c1-3-16-14(18)11-6-7-12(15)13(10-11)17-8-4-5-9-19-2/h6-7,10,17H,3-5,8-9,15H2,1-2H3,(H,16,18). The summed E-state index contributed by atoms with van der Waals surface area (Å²) >= 11 is 1.86. The minimum absolute atomic E-state index is 0.0621. The van der Waals surface area contributed by atoms with Gasteiger partial charge in [0.15, 0.2) is 0 Å². The first-order valence-electron chi connectivity index (χ1n) is 6.59. The van der Waals surface area contributed by atoms with Gasteiger partial charge in [-0.25, -0.2) is 0 Å². The third-order valence-electron chi connectivity index (χ3n) is 2.74. The van der Waals surface area contributed by atoms with E-state index in [-0.39, 0.29) is 5.91 Å². The molecule has 4 N–H and O–H groups in total. The lowest BCUT2D eigenvalue weighted by Crippen LogP contribution is -2.22. The van der Waals surface area contributed by atoms with Crippen LogP contribution in [0, 0.1) is 0 Å². The average molecular weight is 281 g/mol. The average Bonchev–Trinajstić information content (AvgIpc) is 2.40. The smallest absolute Gasteiger partial charge is 0.251 e. The largest absolute Gasteiger partial charge is 0.397 e. The molecule has 0 radical (unpaired) electrons. The number of carbonyl (C=O) groups excluding carboxylic acids is 1. The molecule has 0 saturated carbocycles. The summed E-state index contributed by atoms with van der Waals surface area (Å²) in [6, 6.07) is 5.34. The first-order chi connectivity index (χ1) is 9.19. The van der Waals surface area contributed by atoms with Gasteiger partial charge in [0.1, 0.15) is 0 Å². The van der Waals surface area contributed by atoms with Gasteiger partial charge >= 0.3 is 0 Å². The van der Waals surface area contributed by atoms with E-state index >= 15 is 0 Å². The summed E-state index contributed by atoms with van der Waals surface area (Å²) in [5, 5.41) is 6.08. The third kappa shape index (κ3) is 5.42. The van der Waals surface area contributed by atoms with Crippen molar-refractivity contribution in [3.63, 3.8) is 0 Å². The molecule has 0 saturated heterocycles. The zero-order valence-corrected chi connectivity index (χ0v) is 12.5. The maximum absolute atomic E-state index is 11.7. The van der Waals surface area contributed by atoms with Crippen LogP contribution in [0.4, 0.5) is 11.4 Å². The molecular weight excluding hydrogens is 258 g/mol. The summed E-state index contributed by atoms with van der Waals surface area (Å²) in [7, 11) is 0. The lowest BCUT2D eigenvalue weighted by Gasteiger charge is -2.11. The molecule has 0 aliphatic heterocycles. The van der Waals surface area contributed by atoms with Gasteiger partial charge < -0.3 is 16.4 Å². The summed E-state index contributed by atoms with van der Waals surface area (Å²) in [4.78, 5) is 11.7. The third-order valence-corrected chi connectivity index (χ3v) is 3.44. The van der Waals surface area contributed by atoms with Crippen molar-refractivity contribution in [3.8, 4) is 0 Å². The number of nitrogens with one attached hydrogen (secondary N) is 2. The minimum Gasteiger partial charge on any atom is -0.397 e. The van der Waals surface area contributed by atoms with E-state index in [1.165, 1.54) is 12.2 Å². The number of amides is 1. The Morgan fingerprint density at radius 3 is 2.84 bits per heavy atom. The Labute approximate surface area is 119 Å². The number of unbranched alkanes of at least 4 members (excludes halogenated alkanes) is 1. The molecular formula is C14H23N3OS. The molecule has 5 heteroatoms. The van der Waals surface area contributed by atoms with Gasteiger partial charge in [0.25, 0.3) is 5.91 Å². The van der Waals surface area contributed by atoms with E-state index in [4.69, 9.17) is 5.73 Å². The van der Waals surface area contributed by atoms with Crippen molar-refractivity contribution in [1.29, 1.82) is 0 Å². The molecule has 0 bridgehead atoms. The first-order valence-corrected chi connectivity index (χ1v) is 7.99. The van der Waals surface area contributed by atoms with E-state index in [2.05, 4.69) is 16.9 Å². The van der Waals surface area contributed by atoms with E-state index < -0.39 is 0 Å². The molecule has 1 rings (SSSR count). The zero-order chi connectivity index (χ0) is 14.1. The van der Waals surface area contributed by atoms with Gasteiger partial charge in [0.2, 0.25) is 0 Å². The Hall–Kier alpha value is -1.36. The van der Waals surface area contributed by atoms with Crippen LogP contribution >= 0.6 is 11.8 Å². The Bertz CT molecular complexity index is 410. The van der Waals surface area contributed by atoms with Gasteiger partial charge in [-0.15, -0.1) is 0 Å². The van der Waals surface area contributed by atoms with Crippen LogP contribution in [-0.2, 0) is 0 Å². The summed E-state index contributed by atoms with van der Waals surface area (Å²) in [6.07, 6.45) is 4.40. The molecule has 4 nitrogen and oxygen atoms in total. The number of anilines is 2. The molecule has 19 heavy (non-hydrogen) atoms. The number of hydrogen-bond acceptors (Lipinski definition) is 4. The summed E-state index contributed by atoms with van der Waals surface area (Å²) in [5.74, 6) is 1.11. The Morgan fingerprint density at radius 2 is 2.16 bits per heavy atom. The van der Waals surface area contributed by atoms with Gasteiger partial charge in [-0.2, -0.15) is 11.8 Å². The normalized spacial score (nSPS) is 10.2. The van der Waals surface area contributed by atoms with Crippen LogP contribution < -0.4 is 16.4 Å². The maximum Gasteiger partial charge on any atom is 0.251 e. The fourth-order valence-corrected chi connectivity index (χ4v) is 2.20. The Kier molecular flexibility index (Phi) is 7.18. The van der Waals surface area contributed by atoms with E-state index in [9.17, 15) is 4.79 Å². The lowest BCUT2D eigenvalue weighted by atomic mass is 10.1. The molecule has 0 aliphatic rings. The van der Waals surface area contributed by atoms with Gasteiger partial charge in [-0.1, -0.05) is 0 Å². The topological polar surface area (TPSA) is 67.2 Å². The fraction of sp³-hybridized carbons (Fsp3) is 0.500. The van der Waals surface area contributed by atoms with Crippen LogP contribution in [0.1, 0.15) is 30.1 Å². The highest BCUT2D eigenvalue weighted by atomic mass is 32.2. The summed E-state index contributed by atoms with van der Waals surface area (Å²) in [5.41, 5.74) is 8.07. The predicted molar refractivity (Wildman–Crippen MR) is 85.0 cm³/mol. The molecule has 0 heterocycles. The van der Waals surface area contributed by atoms with Crippen LogP contribution in [0.5, 0.6) is 0 Å². The predicted octanol–water partition coefficient (Wildman–Crippen LogP) is 2.57. The maximum atomic E-state index is 11.7. The highest BCUT2D eigenvalue weighted by molar-refractivity contribution is 7.98. The molecule has 1 amide bonds. The van der Waals surface area contributed by atoms with Crippen molar-refractivity contribution < 1.29 is 4.79 Å². The summed E-state index contributed by atoms with van der Waals surface area (Å²) in [6.45, 7) is 3.41. The minimum atomic E-state index is -0.0621. The molecule has 0 unspecified atom stereocenters. The second kappa shape index (κ2) is 8.69. The monoisotopic (exact) mass is 281 g/mol. The molecule has 0 aliphatic carbocycles. The molecule has 0 spiro atoms. The van der Waals surface area contributed by atoms with Crippen molar-refractivity contribution >= 4 is 29.0 Å². The number of hydrogen-bond donors (Lipinski definition) is 3. The zero-order valence-electron chi connectivity index (χ0n) is 11.7. The number of rotatable bonds is 8. The van der Waals surface area contributed by atoms with Gasteiger partial charge in [-0.3, -0.25) is 4.79 Å². The number of thioether (sulfide) groups is 1. The molecule has 0 atom stereocenters. The number of carbonyl (C=O) groups is 1. The van der Waals surface area contributed by atoms with Crippen molar-refractivity contribution in [2.45, 2.75) is 19.8 Å². The quantitative estimate of drug-likeness (QED) is 0.506. The van der Waals surface area contributed by atoms with E-state index in [1.54, 1.807) is 12.1 Å². The Balaban J connectivity index is 2.56. The van der Waals surface area contributed by atoms with E-state index in [1.807, 2.05) is 24.8 Å². The molecule has 1 aromatic carbocycles.